The van der Waals surface area contributed by atoms with E-state index in [0.29, 0.717) is 0 Å². The largest absolute Gasteiger partial charge is 0.238 e. The molecule has 0 atom stereocenters. The maximum Gasteiger partial charge on any atom is 0.190 e. The Hall–Kier alpha value is -1.29. The zero-order valence-electron chi connectivity index (χ0n) is 8.68. The van der Waals surface area contributed by atoms with Gasteiger partial charge < -0.3 is 0 Å². The summed E-state index contributed by atoms with van der Waals surface area (Å²) < 4.78 is 0. The molecule has 0 aromatic heterocycles. The van der Waals surface area contributed by atoms with E-state index in [2.05, 4.69) is 31.7 Å². The number of aryl methyl sites for hydroxylation is 1. The lowest BCUT2D eigenvalue weighted by atomic mass is 9.86. The lowest BCUT2D eigenvalue weighted by Gasteiger charge is -2.19. The standard InChI is InChI=1S/C12H15N/c1-9-6-7-10(12(2,3)4)8-11(9)13-5/h6-8H,1-4H3. The fourth-order valence-corrected chi connectivity index (χ4v) is 1.20. The molecule has 0 aliphatic rings. The Labute approximate surface area is 80.2 Å². The first-order valence-corrected chi connectivity index (χ1v) is 4.44. The Bertz CT molecular complexity index is 350. The van der Waals surface area contributed by atoms with E-state index in [1.54, 1.807) is 0 Å². The van der Waals surface area contributed by atoms with Gasteiger partial charge in [-0.15, -0.1) is 0 Å². The zero-order valence-corrected chi connectivity index (χ0v) is 8.68. The predicted octanol–water partition coefficient (Wildman–Crippen LogP) is 3.84. The van der Waals surface area contributed by atoms with Gasteiger partial charge in [0.15, 0.2) is 5.69 Å². The molecule has 0 heterocycles. The highest BCUT2D eigenvalue weighted by Gasteiger charge is 2.14. The van der Waals surface area contributed by atoms with Crippen LogP contribution in [0, 0.1) is 13.5 Å². The Morgan fingerprint density at radius 1 is 1.23 bits per heavy atom. The summed E-state index contributed by atoms with van der Waals surface area (Å²) in [6.07, 6.45) is 0. The topological polar surface area (TPSA) is 4.36 Å². The minimum atomic E-state index is 0.132. The SMILES string of the molecule is [C-]#[N+]c1cc(C(C)(C)C)ccc1C. The van der Waals surface area contributed by atoms with Gasteiger partial charge in [-0.2, -0.15) is 0 Å². The van der Waals surface area contributed by atoms with Crippen molar-refractivity contribution in [3.05, 3.63) is 40.7 Å². The molecular formula is C12H15N. The highest BCUT2D eigenvalue weighted by molar-refractivity contribution is 5.54. The smallest absolute Gasteiger partial charge is 0.190 e. The normalized spacial score (nSPS) is 11.0. The lowest BCUT2D eigenvalue weighted by Crippen LogP contribution is -2.10. The van der Waals surface area contributed by atoms with Crippen molar-refractivity contribution in [1.29, 1.82) is 0 Å². The fourth-order valence-electron chi connectivity index (χ4n) is 1.20. The van der Waals surface area contributed by atoms with Crippen molar-refractivity contribution in [2.24, 2.45) is 0 Å². The summed E-state index contributed by atoms with van der Waals surface area (Å²) >= 11 is 0. The van der Waals surface area contributed by atoms with Crippen LogP contribution in [-0.4, -0.2) is 0 Å². The molecule has 1 aromatic carbocycles. The summed E-state index contributed by atoms with van der Waals surface area (Å²) in [4.78, 5) is 3.49. The Kier molecular flexibility index (Phi) is 2.43. The molecule has 0 aliphatic carbocycles. The molecule has 0 unspecified atom stereocenters. The first kappa shape index (κ1) is 9.80. The summed E-state index contributed by atoms with van der Waals surface area (Å²) in [6.45, 7) is 15.5. The van der Waals surface area contributed by atoms with E-state index < -0.39 is 0 Å². The molecule has 1 nitrogen and oxygen atoms in total. The van der Waals surface area contributed by atoms with Gasteiger partial charge in [0.05, 0.1) is 6.57 Å². The molecule has 0 spiro atoms. The van der Waals surface area contributed by atoms with Crippen LogP contribution in [0.1, 0.15) is 31.9 Å². The van der Waals surface area contributed by atoms with E-state index in [1.807, 2.05) is 19.1 Å². The molecule has 0 N–H and O–H groups in total. The van der Waals surface area contributed by atoms with Crippen LogP contribution in [0.25, 0.3) is 4.85 Å². The molecule has 1 heteroatoms. The second kappa shape index (κ2) is 3.22. The van der Waals surface area contributed by atoms with Gasteiger partial charge in [-0.05, 0) is 17.9 Å². The van der Waals surface area contributed by atoms with Gasteiger partial charge >= 0.3 is 0 Å². The molecule has 1 rings (SSSR count). The molecule has 1 aromatic rings. The van der Waals surface area contributed by atoms with Gasteiger partial charge in [0.25, 0.3) is 0 Å². The maximum atomic E-state index is 7.01. The molecule has 0 radical (unpaired) electrons. The van der Waals surface area contributed by atoms with Crippen LogP contribution in [0.2, 0.25) is 0 Å². The molecule has 0 saturated carbocycles. The quantitative estimate of drug-likeness (QED) is 0.525. The minimum Gasteiger partial charge on any atom is -0.238 e. The first-order chi connectivity index (χ1) is 5.95. The third-order valence-corrected chi connectivity index (χ3v) is 2.20. The monoisotopic (exact) mass is 173 g/mol. The Morgan fingerprint density at radius 3 is 2.31 bits per heavy atom. The molecule has 0 amide bonds. The number of hydrogen-bond donors (Lipinski definition) is 0. The van der Waals surface area contributed by atoms with Crippen molar-refractivity contribution in [3.8, 4) is 0 Å². The van der Waals surface area contributed by atoms with Crippen molar-refractivity contribution < 1.29 is 0 Å². The molecular weight excluding hydrogens is 158 g/mol. The third-order valence-electron chi connectivity index (χ3n) is 2.20. The second-order valence-electron chi connectivity index (χ2n) is 4.36. The van der Waals surface area contributed by atoms with Gasteiger partial charge in [-0.25, -0.2) is 4.85 Å². The van der Waals surface area contributed by atoms with Crippen molar-refractivity contribution in [3.63, 3.8) is 0 Å². The van der Waals surface area contributed by atoms with Crippen LogP contribution in [0.4, 0.5) is 5.69 Å². The fraction of sp³-hybridized carbons (Fsp3) is 0.417. The molecule has 13 heavy (non-hydrogen) atoms. The van der Waals surface area contributed by atoms with E-state index in [-0.39, 0.29) is 5.41 Å². The zero-order chi connectivity index (χ0) is 10.1. The van der Waals surface area contributed by atoms with Crippen LogP contribution in [0.3, 0.4) is 0 Å². The van der Waals surface area contributed by atoms with Crippen LogP contribution < -0.4 is 0 Å². The Balaban J connectivity index is 3.24. The van der Waals surface area contributed by atoms with Crippen molar-refractivity contribution in [1.82, 2.24) is 0 Å². The summed E-state index contributed by atoms with van der Waals surface area (Å²) in [5.74, 6) is 0. The van der Waals surface area contributed by atoms with Crippen molar-refractivity contribution in [2.45, 2.75) is 33.1 Å². The van der Waals surface area contributed by atoms with Gasteiger partial charge in [0.2, 0.25) is 0 Å². The number of hydrogen-bond acceptors (Lipinski definition) is 0. The van der Waals surface area contributed by atoms with Gasteiger partial charge in [0.1, 0.15) is 0 Å². The van der Waals surface area contributed by atoms with Crippen LogP contribution in [-0.2, 0) is 5.41 Å². The molecule has 0 bridgehead atoms. The van der Waals surface area contributed by atoms with Gasteiger partial charge in [0, 0.05) is 0 Å². The van der Waals surface area contributed by atoms with Crippen LogP contribution in [0.5, 0.6) is 0 Å². The first-order valence-electron chi connectivity index (χ1n) is 4.44. The van der Waals surface area contributed by atoms with Gasteiger partial charge in [-0.1, -0.05) is 44.5 Å². The number of rotatable bonds is 0. The molecule has 0 saturated heterocycles. The highest BCUT2D eigenvalue weighted by Crippen LogP contribution is 2.28. The average Bonchev–Trinajstić information content (AvgIpc) is 2.03. The van der Waals surface area contributed by atoms with E-state index >= 15 is 0 Å². The second-order valence-corrected chi connectivity index (χ2v) is 4.36. The van der Waals surface area contributed by atoms with E-state index in [4.69, 9.17) is 6.57 Å². The van der Waals surface area contributed by atoms with Crippen LogP contribution in [0.15, 0.2) is 18.2 Å². The molecule has 0 fully saturated rings. The number of benzene rings is 1. The summed E-state index contributed by atoms with van der Waals surface area (Å²) in [5, 5.41) is 0. The average molecular weight is 173 g/mol. The molecule has 0 aliphatic heterocycles. The maximum absolute atomic E-state index is 7.01. The highest BCUT2D eigenvalue weighted by atomic mass is 14.6. The third kappa shape index (κ3) is 2.09. The van der Waals surface area contributed by atoms with Crippen LogP contribution >= 0.6 is 0 Å². The molecule has 68 valence electrons. The predicted molar refractivity (Wildman–Crippen MR) is 56.1 cm³/mol. The Morgan fingerprint density at radius 2 is 1.85 bits per heavy atom. The van der Waals surface area contributed by atoms with E-state index in [1.165, 1.54) is 5.56 Å². The lowest BCUT2D eigenvalue weighted by molar-refractivity contribution is 0.590. The van der Waals surface area contributed by atoms with E-state index in [9.17, 15) is 0 Å². The number of nitrogens with zero attached hydrogens (tertiary/aromatic N) is 1. The summed E-state index contributed by atoms with van der Waals surface area (Å²) in [6, 6.07) is 6.11. The van der Waals surface area contributed by atoms with Crippen molar-refractivity contribution >= 4 is 5.69 Å². The summed E-state index contributed by atoms with van der Waals surface area (Å²) in [7, 11) is 0. The minimum absolute atomic E-state index is 0.132. The summed E-state index contributed by atoms with van der Waals surface area (Å²) in [5.41, 5.74) is 3.19. The van der Waals surface area contributed by atoms with Crippen molar-refractivity contribution in [2.75, 3.05) is 0 Å². The van der Waals surface area contributed by atoms with Gasteiger partial charge in [-0.3, -0.25) is 0 Å². The van der Waals surface area contributed by atoms with E-state index in [0.717, 1.165) is 11.3 Å².